The summed E-state index contributed by atoms with van der Waals surface area (Å²) in [7, 11) is 0. The molecular formula is C8H5BrF3NO2. The monoisotopic (exact) mass is 283 g/mol. The molecule has 0 radical (unpaired) electrons. The lowest BCUT2D eigenvalue weighted by Gasteiger charge is -2.08. The van der Waals surface area contributed by atoms with Crippen molar-refractivity contribution < 1.29 is 18.1 Å². The highest BCUT2D eigenvalue weighted by atomic mass is 79.9. The zero-order valence-electron chi connectivity index (χ0n) is 7.21. The van der Waals surface area contributed by atoms with Gasteiger partial charge in [-0.05, 0) is 11.6 Å². The maximum atomic E-state index is 12.4. The molecule has 82 valence electrons. The lowest BCUT2D eigenvalue weighted by Crippen LogP contribution is -2.09. The standard InChI is InChI=1S/C8H5BrF3NO2/c9-4-5-1-2-7(13(14)15)6(3-5)8(10,11)12/h1-3H,4H2. The highest BCUT2D eigenvalue weighted by Crippen LogP contribution is 2.36. The zero-order valence-corrected chi connectivity index (χ0v) is 8.80. The van der Waals surface area contributed by atoms with Crippen LogP contribution >= 0.6 is 15.9 Å². The van der Waals surface area contributed by atoms with Gasteiger partial charge in [-0.25, -0.2) is 0 Å². The molecule has 0 amide bonds. The summed E-state index contributed by atoms with van der Waals surface area (Å²) in [6.07, 6.45) is -4.71. The molecule has 0 bridgehead atoms. The summed E-state index contributed by atoms with van der Waals surface area (Å²) < 4.78 is 37.2. The van der Waals surface area contributed by atoms with Crippen LogP contribution in [-0.4, -0.2) is 4.92 Å². The Kier molecular flexibility index (Phi) is 3.33. The number of hydrogen-bond acceptors (Lipinski definition) is 2. The summed E-state index contributed by atoms with van der Waals surface area (Å²) in [5.74, 6) is 0. The molecule has 0 spiro atoms. The molecule has 0 fully saturated rings. The van der Waals surface area contributed by atoms with E-state index in [2.05, 4.69) is 15.9 Å². The molecule has 15 heavy (non-hydrogen) atoms. The van der Waals surface area contributed by atoms with Gasteiger partial charge in [0.05, 0.1) is 4.92 Å². The zero-order chi connectivity index (χ0) is 11.6. The molecule has 0 heterocycles. The van der Waals surface area contributed by atoms with Crippen molar-refractivity contribution in [2.45, 2.75) is 11.5 Å². The van der Waals surface area contributed by atoms with Crippen LogP contribution in [0, 0.1) is 10.1 Å². The molecule has 0 saturated heterocycles. The van der Waals surface area contributed by atoms with Crippen molar-refractivity contribution in [2.24, 2.45) is 0 Å². The molecule has 3 nitrogen and oxygen atoms in total. The van der Waals surface area contributed by atoms with Gasteiger partial charge in [-0.3, -0.25) is 10.1 Å². The van der Waals surface area contributed by atoms with Gasteiger partial charge in [-0.15, -0.1) is 0 Å². The third kappa shape index (κ3) is 2.68. The Morgan fingerprint density at radius 2 is 2.00 bits per heavy atom. The second-order valence-electron chi connectivity index (χ2n) is 2.74. The van der Waals surface area contributed by atoms with Gasteiger partial charge in [-0.1, -0.05) is 22.0 Å². The van der Waals surface area contributed by atoms with Crippen LogP contribution in [0.5, 0.6) is 0 Å². The van der Waals surface area contributed by atoms with Crippen LogP contribution in [0.15, 0.2) is 18.2 Å². The minimum absolute atomic E-state index is 0.216. The molecule has 0 aliphatic heterocycles. The first-order valence-electron chi connectivity index (χ1n) is 3.76. The first-order valence-corrected chi connectivity index (χ1v) is 4.89. The third-order valence-electron chi connectivity index (χ3n) is 1.72. The van der Waals surface area contributed by atoms with Crippen LogP contribution in [0.2, 0.25) is 0 Å². The van der Waals surface area contributed by atoms with Crippen LogP contribution < -0.4 is 0 Å². The van der Waals surface area contributed by atoms with Gasteiger partial charge in [0, 0.05) is 11.4 Å². The number of nitro groups is 1. The molecule has 1 aromatic rings. The molecule has 0 atom stereocenters. The quantitative estimate of drug-likeness (QED) is 0.474. The molecule has 0 N–H and O–H groups in total. The number of halogens is 4. The van der Waals surface area contributed by atoms with Gasteiger partial charge in [0.15, 0.2) is 0 Å². The SMILES string of the molecule is O=[N+]([O-])c1ccc(CBr)cc1C(F)(F)F. The maximum Gasteiger partial charge on any atom is 0.423 e. The first kappa shape index (κ1) is 12.0. The molecule has 0 aliphatic rings. The summed E-state index contributed by atoms with van der Waals surface area (Å²) in [4.78, 5) is 9.32. The summed E-state index contributed by atoms with van der Waals surface area (Å²) in [5.41, 5.74) is -1.80. The average Bonchev–Trinajstić information content (AvgIpc) is 2.15. The molecule has 0 aliphatic carbocycles. The van der Waals surface area contributed by atoms with Crippen LogP contribution in [0.4, 0.5) is 18.9 Å². The Morgan fingerprint density at radius 3 is 2.40 bits per heavy atom. The van der Waals surface area contributed by atoms with E-state index in [0.717, 1.165) is 12.1 Å². The second-order valence-corrected chi connectivity index (χ2v) is 3.30. The summed E-state index contributed by atoms with van der Waals surface area (Å²) in [6, 6.07) is 2.91. The first-order chi connectivity index (χ1) is 6.86. The number of alkyl halides is 4. The lowest BCUT2D eigenvalue weighted by molar-refractivity contribution is -0.388. The Morgan fingerprint density at radius 1 is 1.40 bits per heavy atom. The molecular weight excluding hydrogens is 279 g/mol. The van der Waals surface area contributed by atoms with Crippen LogP contribution in [0.1, 0.15) is 11.1 Å². The van der Waals surface area contributed by atoms with E-state index >= 15 is 0 Å². The van der Waals surface area contributed by atoms with E-state index in [9.17, 15) is 23.3 Å². The van der Waals surface area contributed by atoms with Crippen molar-refractivity contribution in [3.8, 4) is 0 Å². The lowest BCUT2D eigenvalue weighted by atomic mass is 10.1. The van der Waals surface area contributed by atoms with Gasteiger partial charge in [0.2, 0.25) is 0 Å². The summed E-state index contributed by atoms with van der Waals surface area (Å²) >= 11 is 2.98. The van der Waals surface area contributed by atoms with Crippen molar-refractivity contribution in [1.29, 1.82) is 0 Å². The second kappa shape index (κ2) is 4.18. The Balaban J connectivity index is 3.36. The van der Waals surface area contributed by atoms with E-state index in [1.54, 1.807) is 0 Å². The molecule has 1 aromatic carbocycles. The number of nitrogens with zero attached hydrogens (tertiary/aromatic N) is 1. The minimum Gasteiger partial charge on any atom is -0.258 e. The maximum absolute atomic E-state index is 12.4. The largest absolute Gasteiger partial charge is 0.423 e. The summed E-state index contributed by atoms with van der Waals surface area (Å²) in [5, 5.41) is 10.6. The topological polar surface area (TPSA) is 43.1 Å². The van der Waals surface area contributed by atoms with Crippen LogP contribution in [0.25, 0.3) is 0 Å². The Hall–Kier alpha value is -1.11. The summed E-state index contributed by atoms with van der Waals surface area (Å²) in [6.45, 7) is 0. The fourth-order valence-electron chi connectivity index (χ4n) is 1.05. The van der Waals surface area contributed by atoms with Gasteiger partial charge in [0.1, 0.15) is 5.56 Å². The Labute approximate surface area is 91.2 Å². The number of hydrogen-bond donors (Lipinski definition) is 0. The van der Waals surface area contributed by atoms with E-state index in [1.165, 1.54) is 6.07 Å². The molecule has 0 unspecified atom stereocenters. The van der Waals surface area contributed by atoms with Gasteiger partial charge >= 0.3 is 6.18 Å². The highest BCUT2D eigenvalue weighted by Gasteiger charge is 2.38. The van der Waals surface area contributed by atoms with Crippen LogP contribution in [-0.2, 0) is 11.5 Å². The smallest absolute Gasteiger partial charge is 0.258 e. The number of benzene rings is 1. The molecule has 0 aromatic heterocycles. The van der Waals surface area contributed by atoms with Crippen molar-refractivity contribution in [3.63, 3.8) is 0 Å². The van der Waals surface area contributed by atoms with E-state index in [0.29, 0.717) is 5.56 Å². The highest BCUT2D eigenvalue weighted by molar-refractivity contribution is 9.08. The average molecular weight is 284 g/mol. The van der Waals surface area contributed by atoms with E-state index in [4.69, 9.17) is 0 Å². The van der Waals surface area contributed by atoms with Gasteiger partial charge < -0.3 is 0 Å². The van der Waals surface area contributed by atoms with E-state index in [-0.39, 0.29) is 5.33 Å². The third-order valence-corrected chi connectivity index (χ3v) is 2.36. The normalized spacial score (nSPS) is 11.5. The van der Waals surface area contributed by atoms with Crippen LogP contribution in [0.3, 0.4) is 0 Å². The molecule has 0 saturated carbocycles. The van der Waals surface area contributed by atoms with E-state index in [1.807, 2.05) is 0 Å². The minimum atomic E-state index is -4.71. The fourth-order valence-corrected chi connectivity index (χ4v) is 1.40. The number of nitro benzene ring substituents is 1. The number of rotatable bonds is 2. The van der Waals surface area contributed by atoms with Crippen molar-refractivity contribution in [3.05, 3.63) is 39.4 Å². The molecule has 7 heteroatoms. The van der Waals surface area contributed by atoms with Crippen molar-refractivity contribution >= 4 is 21.6 Å². The van der Waals surface area contributed by atoms with Crippen molar-refractivity contribution in [2.75, 3.05) is 0 Å². The molecule has 1 rings (SSSR count). The van der Waals surface area contributed by atoms with Gasteiger partial charge in [0.25, 0.3) is 5.69 Å². The Bertz CT molecular complexity index is 392. The fraction of sp³-hybridized carbons (Fsp3) is 0.250. The van der Waals surface area contributed by atoms with E-state index < -0.39 is 22.4 Å². The van der Waals surface area contributed by atoms with Crippen molar-refractivity contribution in [1.82, 2.24) is 0 Å². The predicted molar refractivity (Wildman–Crippen MR) is 50.7 cm³/mol. The predicted octanol–water partition coefficient (Wildman–Crippen LogP) is 3.51. The van der Waals surface area contributed by atoms with Gasteiger partial charge in [-0.2, -0.15) is 13.2 Å².